The molecule has 5 nitrogen and oxygen atoms in total. The van der Waals surface area contributed by atoms with Crippen molar-refractivity contribution in [1.82, 2.24) is 4.98 Å². The lowest BCUT2D eigenvalue weighted by Crippen LogP contribution is -2.04. The molecule has 0 saturated carbocycles. The molecule has 0 radical (unpaired) electrons. The lowest BCUT2D eigenvalue weighted by Gasteiger charge is -2.01. The third kappa shape index (κ3) is 3.17. The highest BCUT2D eigenvalue weighted by Crippen LogP contribution is 2.42. The molecule has 0 amide bonds. The molecule has 1 heterocycles. The lowest BCUT2D eigenvalue weighted by molar-refractivity contribution is 0.143. The average Bonchev–Trinajstić information content (AvgIpc) is 2.93. The number of hydrogen-bond donors (Lipinski definition) is 2. The summed E-state index contributed by atoms with van der Waals surface area (Å²) < 4.78 is 4.81. The van der Waals surface area contributed by atoms with Gasteiger partial charge in [-0.3, -0.25) is 0 Å². The van der Waals surface area contributed by atoms with Gasteiger partial charge >= 0.3 is 6.16 Å². The summed E-state index contributed by atoms with van der Waals surface area (Å²) in [5.41, 5.74) is 2.32. The number of carbonyl (C=O) groups is 1. The van der Waals surface area contributed by atoms with Gasteiger partial charge in [0.15, 0.2) is 0 Å². The molecule has 0 aliphatic carbocycles. The van der Waals surface area contributed by atoms with Gasteiger partial charge in [0.1, 0.15) is 10.8 Å². The van der Waals surface area contributed by atoms with Crippen LogP contribution in [0.1, 0.15) is 5.56 Å². The van der Waals surface area contributed by atoms with E-state index in [0.29, 0.717) is 15.4 Å². The molecule has 6 heteroatoms. The van der Waals surface area contributed by atoms with Crippen LogP contribution >= 0.6 is 11.3 Å². The van der Waals surface area contributed by atoms with E-state index in [1.54, 1.807) is 18.2 Å². The van der Waals surface area contributed by atoms with E-state index in [1.165, 1.54) is 11.3 Å². The first-order chi connectivity index (χ1) is 11.0. The summed E-state index contributed by atoms with van der Waals surface area (Å²) in [4.78, 5) is 15.8. The number of phenolic OH excluding ortho intramolecular Hbond substituents is 1. The molecular weight excluding hydrogens is 314 g/mol. The van der Waals surface area contributed by atoms with Gasteiger partial charge in [-0.25, -0.2) is 9.78 Å². The van der Waals surface area contributed by atoms with Gasteiger partial charge in [0.2, 0.25) is 5.88 Å². The Balaban J connectivity index is 2.15. The molecule has 2 aromatic carbocycles. The number of aromatic nitrogens is 1. The highest BCUT2D eigenvalue weighted by Gasteiger charge is 2.19. The molecule has 0 aliphatic rings. The van der Waals surface area contributed by atoms with Gasteiger partial charge in [0.25, 0.3) is 0 Å². The Hall–Kier alpha value is -2.86. The number of thiazole rings is 1. The zero-order chi connectivity index (χ0) is 16.4. The molecule has 1 aromatic heterocycles. The molecule has 0 fully saturated rings. The molecule has 0 saturated heterocycles. The van der Waals surface area contributed by atoms with Crippen molar-refractivity contribution in [3.05, 3.63) is 54.1 Å². The van der Waals surface area contributed by atoms with Crippen LogP contribution in [0.15, 0.2) is 48.5 Å². The zero-order valence-electron chi connectivity index (χ0n) is 12.2. The molecule has 116 valence electrons. The minimum atomic E-state index is -1.42. The van der Waals surface area contributed by atoms with Crippen molar-refractivity contribution in [2.24, 2.45) is 0 Å². The van der Waals surface area contributed by atoms with Gasteiger partial charge in [-0.15, -0.1) is 11.3 Å². The molecule has 3 rings (SSSR count). The normalized spacial score (nSPS) is 10.5. The fourth-order valence-corrected chi connectivity index (χ4v) is 3.19. The number of carboxylic acid groups (broad SMARTS) is 1. The van der Waals surface area contributed by atoms with E-state index in [1.807, 2.05) is 37.3 Å². The van der Waals surface area contributed by atoms with Crippen LogP contribution < -0.4 is 4.74 Å². The molecule has 2 N–H and O–H groups in total. The van der Waals surface area contributed by atoms with Crippen LogP contribution in [0.2, 0.25) is 0 Å². The first-order valence-corrected chi connectivity index (χ1v) is 7.63. The Labute approximate surface area is 136 Å². The molecule has 0 spiro atoms. The number of aromatic hydroxyl groups is 1. The second-order valence-electron chi connectivity index (χ2n) is 4.91. The Morgan fingerprint density at radius 2 is 1.91 bits per heavy atom. The Morgan fingerprint density at radius 3 is 2.61 bits per heavy atom. The van der Waals surface area contributed by atoms with Crippen molar-refractivity contribution in [3.8, 4) is 32.6 Å². The van der Waals surface area contributed by atoms with Gasteiger partial charge in [0, 0.05) is 0 Å². The topological polar surface area (TPSA) is 79.7 Å². The molecule has 0 aliphatic heterocycles. The Morgan fingerprint density at radius 1 is 1.17 bits per heavy atom. The number of phenols is 1. The summed E-state index contributed by atoms with van der Waals surface area (Å²) in [5, 5.41) is 19.5. The third-order valence-electron chi connectivity index (χ3n) is 3.20. The molecule has 23 heavy (non-hydrogen) atoms. The first-order valence-electron chi connectivity index (χ1n) is 6.81. The number of hydrogen-bond acceptors (Lipinski definition) is 5. The predicted octanol–water partition coefficient (Wildman–Crippen LogP) is 4.55. The molecule has 3 aromatic rings. The lowest BCUT2D eigenvalue weighted by atomic mass is 10.1. The maximum Gasteiger partial charge on any atom is 0.512 e. The van der Waals surface area contributed by atoms with E-state index in [4.69, 9.17) is 9.84 Å². The van der Waals surface area contributed by atoms with Crippen molar-refractivity contribution >= 4 is 17.5 Å². The van der Waals surface area contributed by atoms with Crippen LogP contribution in [-0.4, -0.2) is 21.4 Å². The summed E-state index contributed by atoms with van der Waals surface area (Å²) in [6.07, 6.45) is -1.42. The maximum absolute atomic E-state index is 10.9. The van der Waals surface area contributed by atoms with E-state index >= 15 is 0 Å². The van der Waals surface area contributed by atoms with Crippen molar-refractivity contribution in [1.29, 1.82) is 0 Å². The highest BCUT2D eigenvalue weighted by molar-refractivity contribution is 7.18. The first kappa shape index (κ1) is 15.1. The van der Waals surface area contributed by atoms with Crippen LogP contribution in [0, 0.1) is 6.92 Å². The van der Waals surface area contributed by atoms with Gasteiger partial charge in [-0.1, -0.05) is 42.0 Å². The minimum Gasteiger partial charge on any atom is -0.507 e. The van der Waals surface area contributed by atoms with Crippen LogP contribution in [-0.2, 0) is 0 Å². The van der Waals surface area contributed by atoms with Crippen molar-refractivity contribution in [2.75, 3.05) is 0 Å². The number of ether oxygens (including phenoxy) is 1. The largest absolute Gasteiger partial charge is 0.512 e. The second kappa shape index (κ2) is 6.10. The van der Waals surface area contributed by atoms with Gasteiger partial charge < -0.3 is 14.9 Å². The van der Waals surface area contributed by atoms with Crippen LogP contribution in [0.4, 0.5) is 4.79 Å². The fraction of sp³-hybridized carbons (Fsp3) is 0.0588. The van der Waals surface area contributed by atoms with Crippen molar-refractivity contribution in [3.63, 3.8) is 0 Å². The number of aryl methyl sites for hydroxylation is 1. The van der Waals surface area contributed by atoms with Crippen molar-refractivity contribution in [2.45, 2.75) is 6.92 Å². The summed E-state index contributed by atoms with van der Waals surface area (Å²) in [5.74, 6) is 0.107. The predicted molar refractivity (Wildman–Crippen MR) is 88.0 cm³/mol. The summed E-state index contributed by atoms with van der Waals surface area (Å²) in [6.45, 7) is 1.91. The van der Waals surface area contributed by atoms with Crippen LogP contribution in [0.25, 0.3) is 21.0 Å². The van der Waals surface area contributed by atoms with E-state index < -0.39 is 6.16 Å². The molecule has 0 unspecified atom stereocenters. The van der Waals surface area contributed by atoms with Gasteiger partial charge in [-0.05, 0) is 24.6 Å². The minimum absolute atomic E-state index is 0.0182. The highest BCUT2D eigenvalue weighted by atomic mass is 32.1. The molecular formula is C17H13NO4S. The smallest absolute Gasteiger partial charge is 0.507 e. The summed E-state index contributed by atoms with van der Waals surface area (Å²) in [7, 11) is 0. The Kier molecular flexibility index (Phi) is 3.99. The van der Waals surface area contributed by atoms with Crippen molar-refractivity contribution < 1.29 is 19.7 Å². The summed E-state index contributed by atoms with van der Waals surface area (Å²) >= 11 is 1.27. The number of benzene rings is 2. The maximum atomic E-state index is 10.9. The zero-order valence-corrected chi connectivity index (χ0v) is 13.0. The monoisotopic (exact) mass is 327 g/mol. The molecule has 0 atom stereocenters. The van der Waals surface area contributed by atoms with Crippen LogP contribution in [0.3, 0.4) is 0 Å². The Bertz CT molecular complexity index is 858. The average molecular weight is 327 g/mol. The van der Waals surface area contributed by atoms with E-state index in [9.17, 15) is 9.90 Å². The molecule has 0 bridgehead atoms. The summed E-state index contributed by atoms with van der Waals surface area (Å²) in [6, 6.07) is 14.4. The van der Waals surface area contributed by atoms with Gasteiger partial charge in [0.05, 0.1) is 10.4 Å². The van der Waals surface area contributed by atoms with E-state index in [2.05, 4.69) is 4.98 Å². The quantitative estimate of drug-likeness (QED) is 0.690. The van der Waals surface area contributed by atoms with Crippen LogP contribution in [0.5, 0.6) is 11.6 Å². The van der Waals surface area contributed by atoms with Gasteiger partial charge in [-0.2, -0.15) is 0 Å². The standard InChI is InChI=1S/C17H13NO4S/c1-10-7-8-13(19)12(9-10)16-18-15(22-17(20)21)14(23-16)11-5-3-2-4-6-11/h2-9,19H,1H3,(H,20,21). The SMILES string of the molecule is Cc1ccc(O)c(-c2nc(OC(=O)O)c(-c3ccccc3)s2)c1. The third-order valence-corrected chi connectivity index (χ3v) is 4.32. The van der Waals surface area contributed by atoms with E-state index in [-0.39, 0.29) is 11.6 Å². The fourth-order valence-electron chi connectivity index (χ4n) is 2.17. The second-order valence-corrected chi connectivity index (χ2v) is 5.91. The van der Waals surface area contributed by atoms with E-state index in [0.717, 1.165) is 11.1 Å². The number of nitrogens with zero attached hydrogens (tertiary/aromatic N) is 1. The number of rotatable bonds is 3.